The number of aryl methyl sites for hydroxylation is 2. The molecule has 0 atom stereocenters. The highest BCUT2D eigenvalue weighted by molar-refractivity contribution is 6.33. The Labute approximate surface area is 186 Å². The van der Waals surface area contributed by atoms with Gasteiger partial charge < -0.3 is 9.73 Å². The number of benzene rings is 3. The monoisotopic (exact) mass is 455 g/mol. The summed E-state index contributed by atoms with van der Waals surface area (Å²) in [5.41, 5.74) is 4.09. The molecule has 0 saturated carbocycles. The summed E-state index contributed by atoms with van der Waals surface area (Å²) in [5.74, 6) is -0.205. The topological polar surface area (TPSA) is 98.3 Å². The third-order valence-corrected chi connectivity index (χ3v) is 5.33. The molecule has 0 unspecified atom stereocenters. The van der Waals surface area contributed by atoms with Crippen molar-refractivity contribution in [3.05, 3.63) is 85.4 Å². The number of hydrogen-bond acceptors (Lipinski definition) is 5. The lowest BCUT2D eigenvalue weighted by atomic mass is 10.1. The van der Waals surface area contributed by atoms with E-state index in [9.17, 15) is 14.9 Å². The molecule has 7 nitrogen and oxygen atoms in total. The van der Waals surface area contributed by atoms with Gasteiger partial charge in [-0.25, -0.2) is 4.98 Å². The summed E-state index contributed by atoms with van der Waals surface area (Å²) in [5, 5.41) is 14.1. The lowest BCUT2D eigenvalue weighted by molar-refractivity contribution is -0.384. The standard InChI is InChI=1S/C22H15Cl2N3O4/c1-11-7-12(2)20-18(8-11)26-22(31-20)15-10-14(4-6-16(15)23)25-21(28)13-3-5-17(24)19(9-13)27(29)30/h3-10H,1-2H3,(H,25,28). The Balaban J connectivity index is 1.67. The van der Waals surface area contributed by atoms with Crippen LogP contribution in [-0.4, -0.2) is 15.8 Å². The maximum atomic E-state index is 12.6. The van der Waals surface area contributed by atoms with Gasteiger partial charge in [-0.1, -0.05) is 29.3 Å². The fourth-order valence-corrected chi connectivity index (χ4v) is 3.64. The number of rotatable bonds is 4. The molecule has 31 heavy (non-hydrogen) atoms. The molecule has 1 aromatic heterocycles. The molecule has 0 aliphatic carbocycles. The molecular formula is C22H15Cl2N3O4. The molecule has 0 aliphatic heterocycles. The predicted octanol–water partition coefficient (Wildman–Crippen LogP) is 6.58. The second kappa shape index (κ2) is 8.02. The number of hydrogen-bond donors (Lipinski definition) is 1. The van der Waals surface area contributed by atoms with Gasteiger partial charge in [-0.3, -0.25) is 14.9 Å². The molecule has 4 rings (SSSR count). The van der Waals surface area contributed by atoms with E-state index in [1.54, 1.807) is 18.2 Å². The summed E-state index contributed by atoms with van der Waals surface area (Å²) < 4.78 is 5.92. The first-order chi connectivity index (χ1) is 14.7. The molecule has 0 spiro atoms. The van der Waals surface area contributed by atoms with E-state index in [1.165, 1.54) is 12.1 Å². The molecule has 0 aliphatic rings. The smallest absolute Gasteiger partial charge is 0.288 e. The van der Waals surface area contributed by atoms with Crippen LogP contribution in [-0.2, 0) is 0 Å². The van der Waals surface area contributed by atoms with E-state index in [2.05, 4.69) is 10.3 Å². The summed E-state index contributed by atoms with van der Waals surface area (Å²) in [6.07, 6.45) is 0. The Hall–Kier alpha value is -3.42. The zero-order valence-corrected chi connectivity index (χ0v) is 17.9. The first-order valence-electron chi connectivity index (χ1n) is 9.16. The van der Waals surface area contributed by atoms with Crippen molar-refractivity contribution in [1.29, 1.82) is 0 Å². The fraction of sp³-hybridized carbons (Fsp3) is 0.0909. The van der Waals surface area contributed by atoms with E-state index in [-0.39, 0.29) is 16.3 Å². The van der Waals surface area contributed by atoms with Crippen LogP contribution in [0, 0.1) is 24.0 Å². The summed E-state index contributed by atoms with van der Waals surface area (Å²) in [6, 6.07) is 12.6. The van der Waals surface area contributed by atoms with Crippen LogP contribution in [0.4, 0.5) is 11.4 Å². The molecule has 0 saturated heterocycles. The van der Waals surface area contributed by atoms with Crippen LogP contribution in [0.25, 0.3) is 22.6 Å². The number of oxazole rings is 1. The van der Waals surface area contributed by atoms with Gasteiger partial charge in [0.15, 0.2) is 5.58 Å². The third-order valence-electron chi connectivity index (χ3n) is 4.68. The highest BCUT2D eigenvalue weighted by Gasteiger charge is 2.18. The van der Waals surface area contributed by atoms with Crippen molar-refractivity contribution in [2.24, 2.45) is 0 Å². The lowest BCUT2D eigenvalue weighted by Gasteiger charge is -2.08. The highest BCUT2D eigenvalue weighted by Crippen LogP contribution is 2.34. The molecule has 1 amide bonds. The summed E-state index contributed by atoms with van der Waals surface area (Å²) >= 11 is 12.2. The lowest BCUT2D eigenvalue weighted by Crippen LogP contribution is -2.12. The SMILES string of the molecule is Cc1cc(C)c2oc(-c3cc(NC(=O)c4ccc(Cl)c([N+](=O)[O-])c4)ccc3Cl)nc2c1. The van der Waals surface area contributed by atoms with Gasteiger partial charge >= 0.3 is 0 Å². The zero-order chi connectivity index (χ0) is 22.3. The zero-order valence-electron chi connectivity index (χ0n) is 16.4. The average molecular weight is 456 g/mol. The minimum Gasteiger partial charge on any atom is -0.436 e. The number of aromatic nitrogens is 1. The van der Waals surface area contributed by atoms with Gasteiger partial charge in [0.05, 0.1) is 15.5 Å². The molecule has 9 heteroatoms. The Morgan fingerprint density at radius 1 is 1.06 bits per heavy atom. The van der Waals surface area contributed by atoms with Crippen molar-refractivity contribution in [1.82, 2.24) is 4.98 Å². The largest absolute Gasteiger partial charge is 0.436 e. The van der Waals surface area contributed by atoms with Crippen LogP contribution in [0.2, 0.25) is 10.0 Å². The molecule has 4 aromatic rings. The van der Waals surface area contributed by atoms with Gasteiger partial charge in [-0.15, -0.1) is 0 Å². The number of fused-ring (bicyclic) bond motifs is 1. The van der Waals surface area contributed by atoms with Crippen LogP contribution >= 0.6 is 23.2 Å². The highest BCUT2D eigenvalue weighted by atomic mass is 35.5. The van der Waals surface area contributed by atoms with Gasteiger partial charge in [-0.05, 0) is 61.4 Å². The van der Waals surface area contributed by atoms with Crippen molar-refractivity contribution in [2.45, 2.75) is 13.8 Å². The van der Waals surface area contributed by atoms with Crippen molar-refractivity contribution in [3.8, 4) is 11.5 Å². The maximum absolute atomic E-state index is 12.6. The normalized spacial score (nSPS) is 11.0. The molecule has 3 aromatic carbocycles. The first-order valence-corrected chi connectivity index (χ1v) is 9.91. The average Bonchev–Trinajstić information content (AvgIpc) is 3.13. The van der Waals surface area contributed by atoms with Crippen LogP contribution in [0.15, 0.2) is 52.9 Å². The van der Waals surface area contributed by atoms with Crippen molar-refractivity contribution in [3.63, 3.8) is 0 Å². The number of carbonyl (C=O) groups excluding carboxylic acids is 1. The number of anilines is 1. The number of nitrogens with one attached hydrogen (secondary N) is 1. The fourth-order valence-electron chi connectivity index (χ4n) is 3.26. The number of nitrogens with zero attached hydrogens (tertiary/aromatic N) is 2. The Morgan fingerprint density at radius 3 is 2.55 bits per heavy atom. The third kappa shape index (κ3) is 4.10. The van der Waals surface area contributed by atoms with Gasteiger partial charge in [-0.2, -0.15) is 0 Å². The molecule has 1 heterocycles. The minimum absolute atomic E-state index is 0.0446. The molecule has 0 fully saturated rings. The molecule has 156 valence electrons. The second-order valence-corrected chi connectivity index (χ2v) is 7.84. The van der Waals surface area contributed by atoms with Crippen molar-refractivity contribution < 1.29 is 14.1 Å². The van der Waals surface area contributed by atoms with Crippen molar-refractivity contribution >= 4 is 51.6 Å². The van der Waals surface area contributed by atoms with Crippen LogP contribution < -0.4 is 5.32 Å². The number of nitro groups is 1. The first kappa shape index (κ1) is 20.8. The Kier molecular flexibility index (Phi) is 5.39. The quantitative estimate of drug-likeness (QED) is 0.276. The predicted molar refractivity (Wildman–Crippen MR) is 120 cm³/mol. The number of carbonyl (C=O) groups is 1. The molecular weight excluding hydrogens is 441 g/mol. The number of amides is 1. The van der Waals surface area contributed by atoms with Crippen LogP contribution in [0.5, 0.6) is 0 Å². The van der Waals surface area contributed by atoms with Gasteiger partial charge in [0.2, 0.25) is 5.89 Å². The second-order valence-electron chi connectivity index (χ2n) is 7.02. The minimum atomic E-state index is -0.642. The summed E-state index contributed by atoms with van der Waals surface area (Å²) in [6.45, 7) is 3.92. The Bertz CT molecular complexity index is 1360. The number of nitro benzene ring substituents is 1. The van der Waals surface area contributed by atoms with Gasteiger partial charge in [0.1, 0.15) is 10.5 Å². The van der Waals surface area contributed by atoms with Gasteiger partial charge in [0.25, 0.3) is 11.6 Å². The van der Waals surface area contributed by atoms with E-state index in [4.69, 9.17) is 27.6 Å². The van der Waals surface area contributed by atoms with E-state index in [1.807, 2.05) is 26.0 Å². The summed E-state index contributed by atoms with van der Waals surface area (Å²) in [7, 11) is 0. The van der Waals surface area contributed by atoms with E-state index >= 15 is 0 Å². The van der Waals surface area contributed by atoms with Crippen LogP contribution in [0.3, 0.4) is 0 Å². The van der Waals surface area contributed by atoms with E-state index < -0.39 is 10.8 Å². The molecule has 0 bridgehead atoms. The van der Waals surface area contributed by atoms with Gasteiger partial charge in [0, 0.05) is 17.3 Å². The Morgan fingerprint density at radius 2 is 1.81 bits per heavy atom. The molecule has 1 N–H and O–H groups in total. The van der Waals surface area contributed by atoms with E-state index in [0.717, 1.165) is 17.2 Å². The van der Waals surface area contributed by atoms with Crippen LogP contribution in [0.1, 0.15) is 21.5 Å². The van der Waals surface area contributed by atoms with E-state index in [0.29, 0.717) is 33.3 Å². The van der Waals surface area contributed by atoms with Crippen molar-refractivity contribution in [2.75, 3.05) is 5.32 Å². The maximum Gasteiger partial charge on any atom is 0.288 e. The summed E-state index contributed by atoms with van der Waals surface area (Å²) in [4.78, 5) is 27.6. The number of halogens is 2. The molecule has 0 radical (unpaired) electrons.